The molecule has 0 aromatic rings. The summed E-state index contributed by atoms with van der Waals surface area (Å²) >= 11 is 0. The van der Waals surface area contributed by atoms with Crippen molar-refractivity contribution in [3.05, 3.63) is 0 Å². The standard InChI is InChI=1S/C12H25N3O/c1-3-5-11(13)10-12(16)15-7-4-6-14(2)8-9-15/h11H,3-10,13H2,1-2H3. The molecule has 0 aromatic heterocycles. The molecule has 1 rings (SSSR count). The third-order valence-electron chi connectivity index (χ3n) is 3.17. The van der Waals surface area contributed by atoms with Gasteiger partial charge in [0.1, 0.15) is 0 Å². The number of amides is 1. The van der Waals surface area contributed by atoms with Crippen LogP contribution in [0.4, 0.5) is 0 Å². The fraction of sp³-hybridized carbons (Fsp3) is 0.917. The molecule has 0 spiro atoms. The van der Waals surface area contributed by atoms with E-state index in [1.807, 2.05) is 4.90 Å². The van der Waals surface area contributed by atoms with Gasteiger partial charge in [-0.05, 0) is 26.4 Å². The normalized spacial score (nSPS) is 20.6. The summed E-state index contributed by atoms with van der Waals surface area (Å²) in [4.78, 5) is 16.2. The van der Waals surface area contributed by atoms with Gasteiger partial charge in [-0.1, -0.05) is 13.3 Å². The third-order valence-corrected chi connectivity index (χ3v) is 3.17. The Morgan fingerprint density at radius 3 is 2.75 bits per heavy atom. The quantitative estimate of drug-likeness (QED) is 0.768. The SMILES string of the molecule is CCCC(N)CC(=O)N1CCCN(C)CC1. The Bertz CT molecular complexity index is 220. The molecular formula is C12H25N3O. The first-order chi connectivity index (χ1) is 7.63. The molecular weight excluding hydrogens is 202 g/mol. The summed E-state index contributed by atoms with van der Waals surface area (Å²) < 4.78 is 0. The lowest BCUT2D eigenvalue weighted by molar-refractivity contribution is -0.131. The van der Waals surface area contributed by atoms with Crippen LogP contribution in [0.1, 0.15) is 32.6 Å². The summed E-state index contributed by atoms with van der Waals surface area (Å²) in [6.07, 6.45) is 3.58. The Hall–Kier alpha value is -0.610. The van der Waals surface area contributed by atoms with Gasteiger partial charge in [-0.25, -0.2) is 0 Å². The van der Waals surface area contributed by atoms with Crippen molar-refractivity contribution in [3.8, 4) is 0 Å². The van der Waals surface area contributed by atoms with Crippen molar-refractivity contribution in [2.24, 2.45) is 5.73 Å². The molecule has 1 aliphatic heterocycles. The predicted octanol–water partition coefficient (Wildman–Crippen LogP) is 0.668. The molecule has 0 aromatic carbocycles. The van der Waals surface area contributed by atoms with Crippen LogP contribution in [0.5, 0.6) is 0 Å². The Labute approximate surface area is 98.8 Å². The van der Waals surface area contributed by atoms with Gasteiger partial charge in [-0.2, -0.15) is 0 Å². The van der Waals surface area contributed by atoms with Gasteiger partial charge in [-0.3, -0.25) is 4.79 Å². The Balaban J connectivity index is 2.35. The van der Waals surface area contributed by atoms with Gasteiger partial charge in [-0.15, -0.1) is 0 Å². The molecule has 1 atom stereocenters. The van der Waals surface area contributed by atoms with Crippen LogP contribution in [0.2, 0.25) is 0 Å². The Kier molecular flexibility index (Phi) is 5.77. The zero-order valence-corrected chi connectivity index (χ0v) is 10.6. The van der Waals surface area contributed by atoms with Crippen LogP contribution in [0.3, 0.4) is 0 Å². The summed E-state index contributed by atoms with van der Waals surface area (Å²) in [5.74, 6) is 0.233. The highest BCUT2D eigenvalue weighted by Crippen LogP contribution is 2.06. The first-order valence-corrected chi connectivity index (χ1v) is 6.35. The second kappa shape index (κ2) is 6.86. The summed E-state index contributed by atoms with van der Waals surface area (Å²) in [7, 11) is 2.11. The van der Waals surface area contributed by atoms with Crippen molar-refractivity contribution < 1.29 is 4.79 Å². The van der Waals surface area contributed by atoms with Crippen LogP contribution < -0.4 is 5.73 Å². The average molecular weight is 227 g/mol. The number of carbonyl (C=O) groups excluding carboxylic acids is 1. The smallest absolute Gasteiger partial charge is 0.224 e. The maximum atomic E-state index is 12.0. The molecule has 0 radical (unpaired) electrons. The van der Waals surface area contributed by atoms with Gasteiger partial charge < -0.3 is 15.5 Å². The van der Waals surface area contributed by atoms with Crippen molar-refractivity contribution >= 4 is 5.91 Å². The largest absolute Gasteiger partial charge is 0.341 e. The highest BCUT2D eigenvalue weighted by molar-refractivity contribution is 5.76. The lowest BCUT2D eigenvalue weighted by Gasteiger charge is -2.22. The number of nitrogens with zero attached hydrogens (tertiary/aromatic N) is 2. The highest BCUT2D eigenvalue weighted by atomic mass is 16.2. The summed E-state index contributed by atoms with van der Waals surface area (Å²) in [5.41, 5.74) is 5.90. The second-order valence-electron chi connectivity index (χ2n) is 4.79. The molecule has 4 nitrogen and oxygen atoms in total. The van der Waals surface area contributed by atoms with Crippen molar-refractivity contribution in [2.45, 2.75) is 38.6 Å². The molecule has 94 valence electrons. The van der Waals surface area contributed by atoms with Crippen molar-refractivity contribution in [1.29, 1.82) is 0 Å². The fourth-order valence-electron chi connectivity index (χ4n) is 2.12. The molecule has 1 amide bonds. The minimum Gasteiger partial charge on any atom is -0.341 e. The second-order valence-corrected chi connectivity index (χ2v) is 4.79. The van der Waals surface area contributed by atoms with Crippen LogP contribution in [0.25, 0.3) is 0 Å². The Morgan fingerprint density at radius 1 is 1.31 bits per heavy atom. The van der Waals surface area contributed by atoms with Crippen LogP contribution >= 0.6 is 0 Å². The number of hydrogen-bond donors (Lipinski definition) is 1. The topological polar surface area (TPSA) is 49.6 Å². The molecule has 1 saturated heterocycles. The molecule has 1 fully saturated rings. The predicted molar refractivity (Wildman–Crippen MR) is 66.2 cm³/mol. The van der Waals surface area contributed by atoms with Crippen LogP contribution in [0.15, 0.2) is 0 Å². The molecule has 0 saturated carbocycles. The van der Waals surface area contributed by atoms with E-state index in [9.17, 15) is 4.79 Å². The minimum atomic E-state index is 0.0403. The molecule has 4 heteroatoms. The minimum absolute atomic E-state index is 0.0403. The first kappa shape index (κ1) is 13.5. The van der Waals surface area contributed by atoms with E-state index in [0.29, 0.717) is 6.42 Å². The van der Waals surface area contributed by atoms with Crippen LogP contribution in [-0.4, -0.2) is 55.0 Å². The number of nitrogens with two attached hydrogens (primary N) is 1. The van der Waals surface area contributed by atoms with Gasteiger partial charge >= 0.3 is 0 Å². The zero-order valence-electron chi connectivity index (χ0n) is 10.6. The first-order valence-electron chi connectivity index (χ1n) is 6.35. The van der Waals surface area contributed by atoms with Gasteiger partial charge in [0.25, 0.3) is 0 Å². The van der Waals surface area contributed by atoms with E-state index in [4.69, 9.17) is 5.73 Å². The number of hydrogen-bond acceptors (Lipinski definition) is 3. The van der Waals surface area contributed by atoms with E-state index < -0.39 is 0 Å². The summed E-state index contributed by atoms with van der Waals surface area (Å²) in [6.45, 7) is 5.92. The van der Waals surface area contributed by atoms with E-state index in [1.54, 1.807) is 0 Å². The highest BCUT2D eigenvalue weighted by Gasteiger charge is 2.18. The third kappa shape index (κ3) is 4.49. The van der Waals surface area contributed by atoms with Crippen LogP contribution in [-0.2, 0) is 4.79 Å². The van der Waals surface area contributed by atoms with Crippen molar-refractivity contribution in [1.82, 2.24) is 9.80 Å². The Morgan fingerprint density at radius 2 is 2.06 bits per heavy atom. The number of carbonyl (C=O) groups is 1. The van der Waals surface area contributed by atoms with Crippen molar-refractivity contribution in [2.75, 3.05) is 33.2 Å². The molecule has 1 aliphatic rings. The molecule has 1 heterocycles. The van der Waals surface area contributed by atoms with Gasteiger partial charge in [0.05, 0.1) is 0 Å². The summed E-state index contributed by atoms with van der Waals surface area (Å²) in [5, 5.41) is 0. The van der Waals surface area contributed by atoms with Crippen molar-refractivity contribution in [3.63, 3.8) is 0 Å². The molecule has 0 bridgehead atoms. The zero-order chi connectivity index (χ0) is 12.0. The summed E-state index contributed by atoms with van der Waals surface area (Å²) in [6, 6.07) is 0.0403. The van der Waals surface area contributed by atoms with E-state index in [2.05, 4.69) is 18.9 Å². The lowest BCUT2D eigenvalue weighted by atomic mass is 10.1. The monoisotopic (exact) mass is 227 g/mol. The van der Waals surface area contributed by atoms with E-state index in [-0.39, 0.29) is 11.9 Å². The number of rotatable bonds is 4. The number of likely N-dealkylation sites (N-methyl/N-ethyl adjacent to an activating group) is 1. The van der Waals surface area contributed by atoms with Gasteiger partial charge in [0.2, 0.25) is 5.91 Å². The molecule has 1 unspecified atom stereocenters. The maximum Gasteiger partial charge on any atom is 0.224 e. The van der Waals surface area contributed by atoms with Crippen LogP contribution in [0, 0.1) is 0 Å². The maximum absolute atomic E-state index is 12.0. The van der Waals surface area contributed by atoms with Gasteiger partial charge in [0.15, 0.2) is 0 Å². The molecule has 0 aliphatic carbocycles. The van der Waals surface area contributed by atoms with E-state index in [1.165, 1.54) is 0 Å². The van der Waals surface area contributed by atoms with E-state index in [0.717, 1.165) is 45.4 Å². The average Bonchev–Trinajstić information content (AvgIpc) is 2.43. The molecule has 2 N–H and O–H groups in total. The lowest BCUT2D eigenvalue weighted by Crippen LogP contribution is -2.38. The fourth-order valence-corrected chi connectivity index (χ4v) is 2.12. The molecule has 16 heavy (non-hydrogen) atoms. The van der Waals surface area contributed by atoms with E-state index >= 15 is 0 Å². The van der Waals surface area contributed by atoms with Gasteiger partial charge in [0, 0.05) is 32.1 Å².